The summed E-state index contributed by atoms with van der Waals surface area (Å²) in [6.07, 6.45) is 7.29. The monoisotopic (exact) mass is 292 g/mol. The van der Waals surface area contributed by atoms with Crippen LogP contribution in [0.2, 0.25) is 0 Å². The molecular weight excluding hydrogens is 276 g/mol. The van der Waals surface area contributed by atoms with E-state index in [2.05, 4.69) is 44.6 Å². The van der Waals surface area contributed by atoms with Gasteiger partial charge in [-0.25, -0.2) is 14.6 Å². The van der Waals surface area contributed by atoms with E-state index in [9.17, 15) is 0 Å². The summed E-state index contributed by atoms with van der Waals surface area (Å²) in [5, 5.41) is 7.53. The van der Waals surface area contributed by atoms with E-state index < -0.39 is 0 Å². The molecule has 1 aromatic carbocycles. The molecular formula is C16H16N6. The fourth-order valence-electron chi connectivity index (χ4n) is 2.84. The Balaban J connectivity index is 1.46. The van der Waals surface area contributed by atoms with Crippen LogP contribution >= 0.6 is 0 Å². The van der Waals surface area contributed by atoms with E-state index in [0.29, 0.717) is 17.8 Å². The molecule has 2 heterocycles. The molecule has 3 aromatic rings. The van der Waals surface area contributed by atoms with Gasteiger partial charge in [-0.3, -0.25) is 0 Å². The average Bonchev–Trinajstić information content (AvgIpc) is 3.13. The Morgan fingerprint density at radius 3 is 2.32 bits per heavy atom. The maximum Gasteiger partial charge on any atom is 0.222 e. The van der Waals surface area contributed by atoms with Crippen molar-refractivity contribution in [2.75, 3.05) is 11.1 Å². The van der Waals surface area contributed by atoms with Crippen LogP contribution in [0, 0.1) is 0 Å². The van der Waals surface area contributed by atoms with Crippen molar-refractivity contribution in [3.63, 3.8) is 0 Å². The van der Waals surface area contributed by atoms with Crippen LogP contribution in [0.3, 0.4) is 0 Å². The molecule has 6 nitrogen and oxygen atoms in total. The number of aromatic nitrogens is 4. The van der Waals surface area contributed by atoms with Crippen molar-refractivity contribution in [1.29, 1.82) is 0 Å². The second kappa shape index (κ2) is 5.14. The van der Waals surface area contributed by atoms with Crippen LogP contribution < -0.4 is 11.1 Å². The van der Waals surface area contributed by atoms with Gasteiger partial charge in [0.2, 0.25) is 5.95 Å². The predicted molar refractivity (Wildman–Crippen MR) is 84.8 cm³/mol. The molecule has 0 bridgehead atoms. The summed E-state index contributed by atoms with van der Waals surface area (Å²) in [7, 11) is 0. The Morgan fingerprint density at radius 1 is 1.05 bits per heavy atom. The van der Waals surface area contributed by atoms with Crippen molar-refractivity contribution in [2.24, 2.45) is 0 Å². The lowest BCUT2D eigenvalue weighted by Crippen LogP contribution is -2.21. The Labute approximate surface area is 128 Å². The molecule has 0 saturated heterocycles. The minimum Gasteiger partial charge on any atom is -0.382 e. The molecule has 110 valence electrons. The third-order valence-electron chi connectivity index (χ3n) is 3.90. The van der Waals surface area contributed by atoms with Gasteiger partial charge in [0, 0.05) is 18.3 Å². The predicted octanol–water partition coefficient (Wildman–Crippen LogP) is 1.82. The van der Waals surface area contributed by atoms with E-state index in [-0.39, 0.29) is 0 Å². The molecule has 22 heavy (non-hydrogen) atoms. The molecule has 3 N–H and O–H groups in total. The first-order valence-electron chi connectivity index (χ1n) is 7.25. The first kappa shape index (κ1) is 12.8. The molecule has 0 saturated carbocycles. The number of nitrogens with one attached hydrogen (secondary N) is 1. The smallest absolute Gasteiger partial charge is 0.222 e. The van der Waals surface area contributed by atoms with E-state index in [1.54, 1.807) is 29.3 Å². The SMILES string of the molecule is Nc1ccn(-c2cnc(NC3Cc4ccccc4C3)nc2)n1. The summed E-state index contributed by atoms with van der Waals surface area (Å²) in [5.41, 5.74) is 9.21. The number of nitrogens with zero attached hydrogens (tertiary/aromatic N) is 4. The molecule has 0 aliphatic heterocycles. The van der Waals surface area contributed by atoms with Crippen molar-refractivity contribution in [1.82, 2.24) is 19.7 Å². The van der Waals surface area contributed by atoms with Crippen LogP contribution in [0.15, 0.2) is 48.9 Å². The van der Waals surface area contributed by atoms with Gasteiger partial charge in [-0.1, -0.05) is 24.3 Å². The number of nitrogens with two attached hydrogens (primary N) is 1. The number of hydrogen-bond donors (Lipinski definition) is 2. The highest BCUT2D eigenvalue weighted by Crippen LogP contribution is 2.23. The minimum absolute atomic E-state index is 0.351. The molecule has 2 aromatic heterocycles. The van der Waals surface area contributed by atoms with Crippen LogP contribution in [0.1, 0.15) is 11.1 Å². The fraction of sp³-hybridized carbons (Fsp3) is 0.188. The lowest BCUT2D eigenvalue weighted by molar-refractivity contribution is 0.759. The largest absolute Gasteiger partial charge is 0.382 e. The zero-order chi connectivity index (χ0) is 14.9. The summed E-state index contributed by atoms with van der Waals surface area (Å²) >= 11 is 0. The van der Waals surface area contributed by atoms with Gasteiger partial charge < -0.3 is 11.1 Å². The molecule has 1 aliphatic carbocycles. The third kappa shape index (κ3) is 2.39. The van der Waals surface area contributed by atoms with Crippen LogP contribution in [0.4, 0.5) is 11.8 Å². The van der Waals surface area contributed by atoms with Crippen LogP contribution in [-0.4, -0.2) is 25.8 Å². The Bertz CT molecular complexity index is 767. The van der Waals surface area contributed by atoms with Gasteiger partial charge in [-0.15, -0.1) is 0 Å². The second-order valence-corrected chi connectivity index (χ2v) is 5.47. The Hall–Kier alpha value is -2.89. The summed E-state index contributed by atoms with van der Waals surface area (Å²) in [4.78, 5) is 8.73. The maximum atomic E-state index is 5.61. The van der Waals surface area contributed by atoms with Gasteiger partial charge >= 0.3 is 0 Å². The zero-order valence-corrected chi connectivity index (χ0v) is 12.0. The standard InChI is InChI=1S/C16H16N6/c17-15-5-6-22(21-15)14-9-18-16(19-10-14)20-13-7-11-3-1-2-4-12(11)8-13/h1-6,9-10,13H,7-8H2,(H2,17,21)(H,18,19,20). The molecule has 0 fully saturated rings. The summed E-state index contributed by atoms with van der Waals surface area (Å²) < 4.78 is 1.66. The van der Waals surface area contributed by atoms with Crippen LogP contribution in [0.25, 0.3) is 5.69 Å². The Morgan fingerprint density at radius 2 is 1.73 bits per heavy atom. The molecule has 6 heteroatoms. The fourth-order valence-corrected chi connectivity index (χ4v) is 2.84. The quantitative estimate of drug-likeness (QED) is 0.769. The van der Waals surface area contributed by atoms with Gasteiger partial charge in [-0.05, 0) is 24.0 Å². The van der Waals surface area contributed by atoms with Crippen molar-refractivity contribution >= 4 is 11.8 Å². The second-order valence-electron chi connectivity index (χ2n) is 5.47. The van der Waals surface area contributed by atoms with Crippen molar-refractivity contribution in [2.45, 2.75) is 18.9 Å². The van der Waals surface area contributed by atoms with Crippen LogP contribution in [-0.2, 0) is 12.8 Å². The lowest BCUT2D eigenvalue weighted by atomic mass is 10.1. The molecule has 0 atom stereocenters. The maximum absolute atomic E-state index is 5.61. The Kier molecular flexibility index (Phi) is 3.00. The highest BCUT2D eigenvalue weighted by Gasteiger charge is 2.21. The highest BCUT2D eigenvalue weighted by molar-refractivity contribution is 5.39. The molecule has 4 rings (SSSR count). The summed E-state index contributed by atoms with van der Waals surface area (Å²) in [6, 6.07) is 10.6. The summed E-state index contributed by atoms with van der Waals surface area (Å²) in [5.74, 6) is 1.12. The number of nitrogen functional groups attached to an aromatic ring is 1. The normalized spacial score (nSPS) is 14.0. The molecule has 0 radical (unpaired) electrons. The highest BCUT2D eigenvalue weighted by atomic mass is 15.3. The molecule has 1 aliphatic rings. The zero-order valence-electron chi connectivity index (χ0n) is 12.0. The van der Waals surface area contributed by atoms with Gasteiger partial charge in [0.1, 0.15) is 11.5 Å². The molecule has 0 amide bonds. The minimum atomic E-state index is 0.351. The van der Waals surface area contributed by atoms with E-state index in [1.165, 1.54) is 11.1 Å². The first-order chi connectivity index (χ1) is 10.8. The number of hydrogen-bond acceptors (Lipinski definition) is 5. The van der Waals surface area contributed by atoms with Gasteiger partial charge in [-0.2, -0.15) is 5.10 Å². The van der Waals surface area contributed by atoms with Crippen LogP contribution in [0.5, 0.6) is 0 Å². The number of fused-ring (bicyclic) bond motifs is 1. The molecule has 0 spiro atoms. The third-order valence-corrected chi connectivity index (χ3v) is 3.90. The van der Waals surface area contributed by atoms with Crippen molar-refractivity contribution < 1.29 is 0 Å². The molecule has 0 unspecified atom stereocenters. The van der Waals surface area contributed by atoms with Crippen molar-refractivity contribution in [3.05, 3.63) is 60.0 Å². The first-order valence-corrected chi connectivity index (χ1v) is 7.25. The topological polar surface area (TPSA) is 81.7 Å². The van der Waals surface area contributed by atoms with E-state index >= 15 is 0 Å². The van der Waals surface area contributed by atoms with E-state index in [1.807, 2.05) is 0 Å². The van der Waals surface area contributed by atoms with Gasteiger partial charge in [0.05, 0.1) is 12.4 Å². The average molecular weight is 292 g/mol. The van der Waals surface area contributed by atoms with E-state index in [4.69, 9.17) is 5.73 Å². The van der Waals surface area contributed by atoms with Gasteiger partial charge in [0.15, 0.2) is 0 Å². The number of benzene rings is 1. The van der Waals surface area contributed by atoms with E-state index in [0.717, 1.165) is 18.5 Å². The lowest BCUT2D eigenvalue weighted by Gasteiger charge is -2.11. The van der Waals surface area contributed by atoms with Crippen molar-refractivity contribution in [3.8, 4) is 5.69 Å². The number of rotatable bonds is 3. The van der Waals surface area contributed by atoms with Gasteiger partial charge in [0.25, 0.3) is 0 Å². The number of anilines is 2. The summed E-state index contributed by atoms with van der Waals surface area (Å²) in [6.45, 7) is 0.